The molecule has 0 saturated carbocycles. The topological polar surface area (TPSA) is 57.2 Å². The molecule has 4 aromatic rings. The minimum atomic E-state index is -1.61. The number of hydrogen-bond acceptors (Lipinski definition) is 5. The van der Waals surface area contributed by atoms with Crippen LogP contribution < -0.4 is 0 Å². The van der Waals surface area contributed by atoms with Crippen LogP contribution in [-0.4, -0.2) is 35.6 Å². The van der Waals surface area contributed by atoms with Crippen LogP contribution in [0, 0.1) is 0 Å². The van der Waals surface area contributed by atoms with Gasteiger partial charge in [-0.1, -0.05) is 133 Å². The third-order valence-electron chi connectivity index (χ3n) is 6.99. The van der Waals surface area contributed by atoms with Gasteiger partial charge in [0.2, 0.25) is 0 Å². The highest BCUT2D eigenvalue weighted by Crippen LogP contribution is 2.28. The number of ether oxygens (including phenoxy) is 4. The van der Waals surface area contributed by atoms with Gasteiger partial charge in [0, 0.05) is 0 Å². The predicted octanol–water partition coefficient (Wildman–Crippen LogP) is 7.06. The molecule has 4 aromatic carbocycles. The zero-order valence-electron chi connectivity index (χ0n) is 24.0. The maximum absolute atomic E-state index is 12.1. The molecule has 0 aliphatic rings. The van der Waals surface area contributed by atoms with E-state index in [0.717, 1.165) is 22.3 Å². The van der Waals surface area contributed by atoms with Crippen molar-refractivity contribution in [3.63, 3.8) is 0 Å². The average Bonchev–Trinajstić information content (AvgIpc) is 3.05. The van der Waals surface area contributed by atoms with Crippen molar-refractivity contribution >= 4 is 0 Å². The highest BCUT2D eigenvalue weighted by molar-refractivity contribution is 5.18. The smallest absolute Gasteiger partial charge is 0.134 e. The summed E-state index contributed by atoms with van der Waals surface area (Å²) in [4.78, 5) is 0. The first-order chi connectivity index (χ1) is 20.6. The van der Waals surface area contributed by atoms with Crippen LogP contribution >= 0.6 is 0 Å². The number of rotatable bonds is 18. The van der Waals surface area contributed by atoms with Crippen molar-refractivity contribution in [2.24, 2.45) is 0 Å². The quantitative estimate of drug-likeness (QED) is 0.131. The molecule has 42 heavy (non-hydrogen) atoms. The van der Waals surface area contributed by atoms with Gasteiger partial charge in [0.1, 0.15) is 23.9 Å². The zero-order chi connectivity index (χ0) is 29.5. The molecule has 5 nitrogen and oxygen atoms in total. The normalized spacial score (nSPS) is 14.8. The minimum absolute atomic E-state index is 0.0569. The molecule has 4 atom stereocenters. The molecule has 0 aromatic heterocycles. The van der Waals surface area contributed by atoms with Gasteiger partial charge in [-0.3, -0.25) is 0 Å². The van der Waals surface area contributed by atoms with E-state index in [1.165, 1.54) is 6.08 Å². The lowest BCUT2D eigenvalue weighted by molar-refractivity contribution is -0.201. The number of aliphatic hydroxyl groups is 1. The van der Waals surface area contributed by atoms with E-state index in [1.54, 1.807) is 6.08 Å². The van der Waals surface area contributed by atoms with Crippen molar-refractivity contribution in [3.8, 4) is 0 Å². The molecule has 0 bridgehead atoms. The second kappa shape index (κ2) is 16.6. The maximum atomic E-state index is 12.1. The van der Waals surface area contributed by atoms with Gasteiger partial charge in [-0.25, -0.2) is 0 Å². The SMILES string of the molecule is C=C[C@@H](OCc1ccccc1)[C@@H](OCc1ccccc1)[C@H](OCc1ccccc1)[C@@](O)(C=C)COCc1ccccc1. The van der Waals surface area contributed by atoms with E-state index in [0.29, 0.717) is 13.2 Å². The fourth-order valence-electron chi connectivity index (χ4n) is 4.63. The van der Waals surface area contributed by atoms with E-state index in [-0.39, 0.29) is 19.8 Å². The van der Waals surface area contributed by atoms with Crippen LogP contribution in [0.1, 0.15) is 22.3 Å². The summed E-state index contributed by atoms with van der Waals surface area (Å²) in [5.74, 6) is 0. The van der Waals surface area contributed by atoms with Crippen LogP contribution in [0.3, 0.4) is 0 Å². The summed E-state index contributed by atoms with van der Waals surface area (Å²) in [5, 5.41) is 12.1. The molecule has 0 fully saturated rings. The van der Waals surface area contributed by atoms with Gasteiger partial charge in [0.25, 0.3) is 0 Å². The van der Waals surface area contributed by atoms with Gasteiger partial charge in [0.15, 0.2) is 0 Å². The van der Waals surface area contributed by atoms with Crippen LogP contribution in [-0.2, 0) is 45.4 Å². The molecule has 0 amide bonds. The van der Waals surface area contributed by atoms with Crippen molar-refractivity contribution in [1.82, 2.24) is 0 Å². The Morgan fingerprint density at radius 1 is 0.571 bits per heavy atom. The molecule has 218 valence electrons. The monoisotopic (exact) mass is 564 g/mol. The van der Waals surface area contributed by atoms with Gasteiger partial charge in [-0.2, -0.15) is 0 Å². The van der Waals surface area contributed by atoms with E-state index in [4.69, 9.17) is 18.9 Å². The number of benzene rings is 4. The molecule has 0 aliphatic carbocycles. The average molecular weight is 565 g/mol. The van der Waals surface area contributed by atoms with Gasteiger partial charge in [0.05, 0.1) is 33.0 Å². The second-order valence-corrected chi connectivity index (χ2v) is 10.1. The summed E-state index contributed by atoms with van der Waals surface area (Å²) in [7, 11) is 0. The lowest BCUT2D eigenvalue weighted by atomic mass is 9.90. The molecule has 0 aliphatic heterocycles. The van der Waals surface area contributed by atoms with Crippen molar-refractivity contribution in [2.75, 3.05) is 6.61 Å². The van der Waals surface area contributed by atoms with Crippen molar-refractivity contribution in [1.29, 1.82) is 0 Å². The maximum Gasteiger partial charge on any atom is 0.134 e. The third-order valence-corrected chi connectivity index (χ3v) is 6.99. The number of hydrogen-bond donors (Lipinski definition) is 1. The zero-order valence-corrected chi connectivity index (χ0v) is 24.0. The molecule has 0 spiro atoms. The molecule has 4 rings (SSSR count). The van der Waals surface area contributed by atoms with E-state index in [1.807, 2.05) is 121 Å². The Balaban J connectivity index is 1.62. The largest absolute Gasteiger partial charge is 0.381 e. The summed E-state index contributed by atoms with van der Waals surface area (Å²) in [6.45, 7) is 9.18. The Labute approximate surface area is 249 Å². The molecule has 5 heteroatoms. The highest BCUT2D eigenvalue weighted by atomic mass is 16.6. The van der Waals surface area contributed by atoms with E-state index in [9.17, 15) is 5.11 Å². The summed E-state index contributed by atoms with van der Waals surface area (Å²) >= 11 is 0. The van der Waals surface area contributed by atoms with Gasteiger partial charge >= 0.3 is 0 Å². The van der Waals surface area contributed by atoms with Crippen molar-refractivity contribution in [3.05, 3.63) is 169 Å². The van der Waals surface area contributed by atoms with Gasteiger partial charge in [-0.15, -0.1) is 13.2 Å². The molecule has 0 heterocycles. The van der Waals surface area contributed by atoms with E-state index >= 15 is 0 Å². The van der Waals surface area contributed by atoms with Crippen molar-refractivity contribution in [2.45, 2.75) is 50.3 Å². The van der Waals surface area contributed by atoms with Crippen LogP contribution in [0.2, 0.25) is 0 Å². The fourth-order valence-corrected chi connectivity index (χ4v) is 4.63. The van der Waals surface area contributed by atoms with Crippen LogP contribution in [0.5, 0.6) is 0 Å². The Morgan fingerprint density at radius 2 is 0.976 bits per heavy atom. The van der Waals surface area contributed by atoms with Gasteiger partial charge < -0.3 is 24.1 Å². The Morgan fingerprint density at radius 3 is 1.40 bits per heavy atom. The predicted molar refractivity (Wildman–Crippen MR) is 166 cm³/mol. The first kappa shape index (κ1) is 31.1. The first-order valence-electron chi connectivity index (χ1n) is 14.2. The lowest BCUT2D eigenvalue weighted by Crippen LogP contribution is -2.56. The standard InChI is InChI=1S/C37H40O5/c1-3-34(40-26-31-19-11-6-12-20-31)35(41-27-32-21-13-7-14-22-32)36(42-28-33-23-15-8-16-24-33)37(38,4-2)29-39-25-30-17-9-5-10-18-30/h3-24,34-36,38H,1-2,25-29H2/t34-,35-,36+,37-/m1/s1. The molecular weight excluding hydrogens is 524 g/mol. The summed E-state index contributed by atoms with van der Waals surface area (Å²) in [6.07, 6.45) is 0.901. The van der Waals surface area contributed by atoms with Gasteiger partial charge in [-0.05, 0) is 22.3 Å². The first-order valence-corrected chi connectivity index (χ1v) is 14.2. The van der Waals surface area contributed by atoms with E-state index in [2.05, 4.69) is 13.2 Å². The molecular formula is C37H40O5. The molecule has 0 unspecified atom stereocenters. The Bertz CT molecular complexity index is 1310. The summed E-state index contributed by atoms with van der Waals surface area (Å²) in [5.41, 5.74) is 2.34. The lowest BCUT2D eigenvalue weighted by Gasteiger charge is -2.40. The second-order valence-electron chi connectivity index (χ2n) is 10.1. The summed E-state index contributed by atoms with van der Waals surface area (Å²) in [6, 6.07) is 39.4. The molecule has 0 radical (unpaired) electrons. The third kappa shape index (κ3) is 9.35. The Hall–Kier alpha value is -3.84. The molecule has 0 saturated heterocycles. The van der Waals surface area contributed by atoms with Crippen LogP contribution in [0.25, 0.3) is 0 Å². The minimum Gasteiger partial charge on any atom is -0.381 e. The van der Waals surface area contributed by atoms with Crippen LogP contribution in [0.4, 0.5) is 0 Å². The summed E-state index contributed by atoms with van der Waals surface area (Å²) < 4.78 is 25.5. The van der Waals surface area contributed by atoms with Crippen molar-refractivity contribution < 1.29 is 24.1 Å². The van der Waals surface area contributed by atoms with Crippen LogP contribution in [0.15, 0.2) is 147 Å². The highest BCUT2D eigenvalue weighted by Gasteiger charge is 2.44. The Kier molecular flexibility index (Phi) is 12.3. The fraction of sp³-hybridized carbons (Fsp3) is 0.243. The molecule has 1 N–H and O–H groups in total. The van der Waals surface area contributed by atoms with E-state index < -0.39 is 23.9 Å².